The van der Waals surface area contributed by atoms with Crippen LogP contribution in [0.5, 0.6) is 0 Å². The minimum Gasteiger partial charge on any atom is -0.464 e. The van der Waals surface area contributed by atoms with Gasteiger partial charge in [-0.2, -0.15) is 0 Å². The molecule has 0 spiro atoms. The number of rotatable bonds is 9. The molecule has 1 unspecified atom stereocenters. The zero-order chi connectivity index (χ0) is 19.2. The molecule has 1 aromatic rings. The summed E-state index contributed by atoms with van der Waals surface area (Å²) in [6.07, 6.45) is 9.37. The smallest absolute Gasteiger partial charge is 0.302 e. The number of nitrogens with one attached hydrogen (secondary N) is 1. The number of likely N-dealkylation sites (tertiary alicyclic amines) is 1. The fraction of sp³-hybridized carbons (Fsp3) is 0.750. The van der Waals surface area contributed by atoms with E-state index < -0.39 is 0 Å². The summed E-state index contributed by atoms with van der Waals surface area (Å²) in [4.78, 5) is 30.5. The molecule has 3 rings (SSSR count). The molecule has 1 aliphatic carbocycles. The number of esters is 1. The first-order valence-electron chi connectivity index (χ1n) is 10.2. The molecule has 27 heavy (non-hydrogen) atoms. The molecule has 7 nitrogen and oxygen atoms in total. The molecule has 2 fully saturated rings. The van der Waals surface area contributed by atoms with Crippen molar-refractivity contribution in [1.29, 1.82) is 0 Å². The predicted molar refractivity (Wildman–Crippen MR) is 105 cm³/mol. The number of nitrogens with zero attached hydrogens (tertiary/aromatic N) is 3. The first-order chi connectivity index (χ1) is 13.0. The Kier molecular flexibility index (Phi) is 6.88. The maximum Gasteiger partial charge on any atom is 0.302 e. The second-order valence-corrected chi connectivity index (χ2v) is 7.85. The van der Waals surface area contributed by atoms with Crippen molar-refractivity contribution in [1.82, 2.24) is 14.5 Å². The van der Waals surface area contributed by atoms with Crippen molar-refractivity contribution in [3.63, 3.8) is 0 Å². The van der Waals surface area contributed by atoms with Crippen molar-refractivity contribution in [2.75, 3.05) is 31.6 Å². The normalized spacial score (nSPS) is 20.4. The van der Waals surface area contributed by atoms with Gasteiger partial charge in [0.25, 0.3) is 5.56 Å². The molecule has 1 aliphatic heterocycles. The minimum atomic E-state index is -0.337. The van der Waals surface area contributed by atoms with Gasteiger partial charge in [-0.15, -0.1) is 0 Å². The van der Waals surface area contributed by atoms with Crippen LogP contribution in [-0.4, -0.2) is 52.7 Å². The Bertz CT molecular complexity index is 699. The first kappa shape index (κ1) is 19.9. The SMILES string of the molecule is CC(=O)OCCn1c(C)cnc(NCCC2CCCCN2CC2CC2)c1=O. The Morgan fingerprint density at radius 3 is 2.89 bits per heavy atom. The summed E-state index contributed by atoms with van der Waals surface area (Å²) in [5.41, 5.74) is 0.612. The first-order valence-corrected chi connectivity index (χ1v) is 10.2. The number of aromatic nitrogens is 2. The second-order valence-electron chi connectivity index (χ2n) is 7.85. The highest BCUT2D eigenvalue weighted by Crippen LogP contribution is 2.32. The average Bonchev–Trinajstić information content (AvgIpc) is 3.45. The topological polar surface area (TPSA) is 76.5 Å². The molecule has 1 aromatic heterocycles. The maximum atomic E-state index is 12.7. The number of piperidine rings is 1. The van der Waals surface area contributed by atoms with Crippen LogP contribution in [0.4, 0.5) is 5.82 Å². The van der Waals surface area contributed by atoms with E-state index in [9.17, 15) is 9.59 Å². The molecule has 150 valence electrons. The Morgan fingerprint density at radius 1 is 1.33 bits per heavy atom. The van der Waals surface area contributed by atoms with E-state index in [1.165, 1.54) is 52.1 Å². The summed E-state index contributed by atoms with van der Waals surface area (Å²) in [6.45, 7) is 6.96. The molecule has 0 aromatic carbocycles. The number of carbonyl (C=O) groups excluding carboxylic acids is 1. The summed E-state index contributed by atoms with van der Waals surface area (Å²) in [6, 6.07) is 0.614. The van der Waals surface area contributed by atoms with Crippen molar-refractivity contribution in [2.24, 2.45) is 5.92 Å². The number of ether oxygens (including phenoxy) is 1. The molecule has 1 saturated carbocycles. The third kappa shape index (κ3) is 5.79. The van der Waals surface area contributed by atoms with Crippen LogP contribution >= 0.6 is 0 Å². The summed E-state index contributed by atoms with van der Waals surface area (Å²) < 4.78 is 6.57. The van der Waals surface area contributed by atoms with E-state index in [1.54, 1.807) is 10.8 Å². The minimum absolute atomic E-state index is 0.152. The molecule has 0 radical (unpaired) electrons. The van der Waals surface area contributed by atoms with Crippen LogP contribution in [0.25, 0.3) is 0 Å². The molecule has 7 heteroatoms. The molecular formula is C20H32N4O3. The van der Waals surface area contributed by atoms with Gasteiger partial charge in [0.15, 0.2) is 5.82 Å². The summed E-state index contributed by atoms with van der Waals surface area (Å²) in [5, 5.41) is 3.24. The van der Waals surface area contributed by atoms with Gasteiger partial charge in [-0.1, -0.05) is 6.42 Å². The van der Waals surface area contributed by atoms with Gasteiger partial charge in [-0.25, -0.2) is 4.98 Å². The van der Waals surface area contributed by atoms with Crippen LogP contribution in [-0.2, 0) is 16.1 Å². The van der Waals surface area contributed by atoms with E-state index in [1.807, 2.05) is 6.92 Å². The summed E-state index contributed by atoms with van der Waals surface area (Å²) in [7, 11) is 0. The van der Waals surface area contributed by atoms with E-state index in [2.05, 4.69) is 15.2 Å². The van der Waals surface area contributed by atoms with Gasteiger partial charge in [0.2, 0.25) is 0 Å². The quantitative estimate of drug-likeness (QED) is 0.666. The Hall–Kier alpha value is -1.89. The molecule has 1 N–H and O–H groups in total. The third-order valence-electron chi connectivity index (χ3n) is 5.58. The Labute approximate surface area is 161 Å². The van der Waals surface area contributed by atoms with Gasteiger partial charge < -0.3 is 19.5 Å². The van der Waals surface area contributed by atoms with E-state index >= 15 is 0 Å². The van der Waals surface area contributed by atoms with E-state index in [0.29, 0.717) is 18.4 Å². The fourth-order valence-electron chi connectivity index (χ4n) is 3.87. The van der Waals surface area contributed by atoms with Gasteiger partial charge in [0.1, 0.15) is 6.61 Å². The highest BCUT2D eigenvalue weighted by Gasteiger charge is 2.29. The van der Waals surface area contributed by atoms with E-state index in [-0.39, 0.29) is 18.1 Å². The van der Waals surface area contributed by atoms with E-state index in [0.717, 1.165) is 24.6 Å². The van der Waals surface area contributed by atoms with Crippen molar-refractivity contribution in [3.8, 4) is 0 Å². The lowest BCUT2D eigenvalue weighted by Crippen LogP contribution is -2.41. The monoisotopic (exact) mass is 376 g/mol. The number of anilines is 1. The van der Waals surface area contributed by atoms with Gasteiger partial charge in [0.05, 0.1) is 6.54 Å². The highest BCUT2D eigenvalue weighted by atomic mass is 16.5. The standard InChI is InChI=1S/C20H32N4O3/c1-15-13-22-19(20(26)24(15)11-12-27-16(2)25)21-9-8-18-5-3-4-10-23(18)14-17-6-7-17/h13,17-18H,3-12,14H2,1-2H3,(H,21,22). The number of hydrogen-bond acceptors (Lipinski definition) is 6. The second kappa shape index (κ2) is 9.35. The van der Waals surface area contributed by atoms with Crippen LogP contribution in [0, 0.1) is 12.8 Å². The van der Waals surface area contributed by atoms with Gasteiger partial charge in [0, 0.05) is 37.9 Å². The predicted octanol–water partition coefficient (Wildman–Crippen LogP) is 2.18. The lowest BCUT2D eigenvalue weighted by Gasteiger charge is -2.36. The highest BCUT2D eigenvalue weighted by molar-refractivity contribution is 5.65. The van der Waals surface area contributed by atoms with Crippen molar-refractivity contribution >= 4 is 11.8 Å². The molecule has 0 bridgehead atoms. The van der Waals surface area contributed by atoms with Crippen LogP contribution in [0.15, 0.2) is 11.0 Å². The van der Waals surface area contributed by atoms with Gasteiger partial charge in [-0.05, 0) is 51.5 Å². The zero-order valence-electron chi connectivity index (χ0n) is 16.6. The number of hydrogen-bond donors (Lipinski definition) is 1. The van der Waals surface area contributed by atoms with Crippen molar-refractivity contribution in [2.45, 2.75) is 65.0 Å². The lowest BCUT2D eigenvalue weighted by atomic mass is 9.99. The van der Waals surface area contributed by atoms with Crippen LogP contribution in [0.2, 0.25) is 0 Å². The molecule has 0 amide bonds. The van der Waals surface area contributed by atoms with Crippen molar-refractivity contribution in [3.05, 3.63) is 22.2 Å². The third-order valence-corrected chi connectivity index (χ3v) is 5.58. The number of aryl methyl sites for hydroxylation is 1. The average molecular weight is 377 g/mol. The molecule has 2 aliphatic rings. The zero-order valence-corrected chi connectivity index (χ0v) is 16.6. The summed E-state index contributed by atoms with van der Waals surface area (Å²) >= 11 is 0. The molecular weight excluding hydrogens is 344 g/mol. The van der Waals surface area contributed by atoms with Crippen LogP contribution in [0.3, 0.4) is 0 Å². The van der Waals surface area contributed by atoms with Gasteiger partial charge in [-0.3, -0.25) is 9.59 Å². The number of carbonyl (C=O) groups is 1. The van der Waals surface area contributed by atoms with E-state index in [4.69, 9.17) is 4.74 Å². The molecule has 1 atom stereocenters. The summed E-state index contributed by atoms with van der Waals surface area (Å²) in [5.74, 6) is 0.964. The Morgan fingerprint density at radius 2 is 2.15 bits per heavy atom. The Balaban J connectivity index is 1.53. The van der Waals surface area contributed by atoms with Gasteiger partial charge >= 0.3 is 5.97 Å². The fourth-order valence-corrected chi connectivity index (χ4v) is 3.87. The van der Waals surface area contributed by atoms with Crippen molar-refractivity contribution < 1.29 is 9.53 Å². The largest absolute Gasteiger partial charge is 0.464 e. The maximum absolute atomic E-state index is 12.7. The molecule has 2 heterocycles. The molecule has 1 saturated heterocycles. The lowest BCUT2D eigenvalue weighted by molar-refractivity contribution is -0.141. The van der Waals surface area contributed by atoms with Crippen LogP contribution in [0.1, 0.15) is 51.1 Å². The van der Waals surface area contributed by atoms with Crippen LogP contribution < -0.4 is 10.9 Å².